The van der Waals surface area contributed by atoms with E-state index in [1.807, 2.05) is 10.8 Å². The summed E-state index contributed by atoms with van der Waals surface area (Å²) in [5.74, 6) is 0.0651. The Hall–Kier alpha value is -2.58. The maximum Gasteiger partial charge on any atom is 0.273 e. The molecule has 3 heterocycles. The van der Waals surface area contributed by atoms with Crippen molar-refractivity contribution in [3.8, 4) is 10.6 Å². The van der Waals surface area contributed by atoms with Gasteiger partial charge in [0.25, 0.3) is 5.91 Å². The fourth-order valence-corrected chi connectivity index (χ4v) is 4.88. The molecule has 1 aliphatic rings. The zero-order chi connectivity index (χ0) is 21.1. The Bertz CT molecular complexity index is 1010. The van der Waals surface area contributed by atoms with E-state index in [0.29, 0.717) is 29.8 Å². The van der Waals surface area contributed by atoms with E-state index in [1.165, 1.54) is 28.2 Å². The highest BCUT2D eigenvalue weighted by Crippen LogP contribution is 2.27. The highest BCUT2D eigenvalue weighted by Gasteiger charge is 2.30. The SMILES string of the molecule is CC(C)c1ccc(-c2nc(C(=O)N3CCC[C@@H](C(=O)Nc4nccs4)C3)cs2)cc1. The van der Waals surface area contributed by atoms with Crippen molar-refractivity contribution in [1.29, 1.82) is 0 Å². The summed E-state index contributed by atoms with van der Waals surface area (Å²) in [5, 5.41) is 7.91. The van der Waals surface area contributed by atoms with Crippen molar-refractivity contribution in [1.82, 2.24) is 14.9 Å². The number of amides is 2. The first-order chi connectivity index (χ1) is 14.5. The summed E-state index contributed by atoms with van der Waals surface area (Å²) in [6.45, 7) is 5.39. The van der Waals surface area contributed by atoms with Crippen LogP contribution < -0.4 is 5.32 Å². The molecule has 1 aromatic carbocycles. The van der Waals surface area contributed by atoms with Crippen LogP contribution in [-0.4, -0.2) is 39.8 Å². The normalized spacial score (nSPS) is 16.6. The molecule has 30 heavy (non-hydrogen) atoms. The predicted molar refractivity (Wildman–Crippen MR) is 121 cm³/mol. The fourth-order valence-electron chi connectivity index (χ4n) is 3.55. The van der Waals surface area contributed by atoms with Crippen molar-refractivity contribution in [2.45, 2.75) is 32.6 Å². The molecule has 156 valence electrons. The third-order valence-corrected chi connectivity index (χ3v) is 6.87. The van der Waals surface area contributed by atoms with Crippen LogP contribution in [0.2, 0.25) is 0 Å². The number of benzene rings is 1. The lowest BCUT2D eigenvalue weighted by atomic mass is 9.97. The maximum absolute atomic E-state index is 13.0. The third-order valence-electron chi connectivity index (χ3n) is 5.29. The number of hydrogen-bond acceptors (Lipinski definition) is 6. The van der Waals surface area contributed by atoms with Gasteiger partial charge in [-0.1, -0.05) is 38.1 Å². The summed E-state index contributed by atoms with van der Waals surface area (Å²) < 4.78 is 0. The van der Waals surface area contributed by atoms with Gasteiger partial charge < -0.3 is 10.2 Å². The summed E-state index contributed by atoms with van der Waals surface area (Å²) in [4.78, 5) is 36.0. The lowest BCUT2D eigenvalue weighted by molar-refractivity contribution is -0.121. The lowest BCUT2D eigenvalue weighted by Crippen LogP contribution is -2.43. The minimum absolute atomic E-state index is 0.0772. The van der Waals surface area contributed by atoms with Crippen LogP contribution in [0.3, 0.4) is 0 Å². The Balaban J connectivity index is 1.42. The zero-order valence-corrected chi connectivity index (χ0v) is 18.6. The van der Waals surface area contributed by atoms with E-state index >= 15 is 0 Å². The van der Waals surface area contributed by atoms with E-state index in [2.05, 4.69) is 53.4 Å². The number of thiazole rings is 2. The first-order valence-corrected chi connectivity index (χ1v) is 11.8. The molecule has 8 heteroatoms. The summed E-state index contributed by atoms with van der Waals surface area (Å²) in [5.41, 5.74) is 2.74. The smallest absolute Gasteiger partial charge is 0.273 e. The Morgan fingerprint density at radius 2 is 2.00 bits per heavy atom. The standard InChI is InChI=1S/C22H24N4O2S2/c1-14(2)15-5-7-16(8-6-15)20-24-18(13-30-20)21(28)26-10-3-4-17(12-26)19(27)25-22-23-9-11-29-22/h5-9,11,13-14,17H,3-4,10,12H2,1-2H3,(H,23,25,27)/t17-/m1/s1. The average molecular weight is 441 g/mol. The molecule has 2 aromatic heterocycles. The van der Waals surface area contributed by atoms with Gasteiger partial charge in [0.05, 0.1) is 5.92 Å². The average Bonchev–Trinajstić information content (AvgIpc) is 3.46. The van der Waals surface area contributed by atoms with Gasteiger partial charge in [0, 0.05) is 35.6 Å². The monoisotopic (exact) mass is 440 g/mol. The number of nitrogens with zero attached hydrogens (tertiary/aromatic N) is 3. The summed E-state index contributed by atoms with van der Waals surface area (Å²) >= 11 is 2.86. The van der Waals surface area contributed by atoms with Gasteiger partial charge in [-0.25, -0.2) is 9.97 Å². The molecule has 0 aliphatic carbocycles. The lowest BCUT2D eigenvalue weighted by Gasteiger charge is -2.31. The highest BCUT2D eigenvalue weighted by molar-refractivity contribution is 7.13. The minimum Gasteiger partial charge on any atom is -0.336 e. The Morgan fingerprint density at radius 3 is 2.70 bits per heavy atom. The minimum atomic E-state index is -0.228. The molecule has 0 radical (unpaired) electrons. The Morgan fingerprint density at radius 1 is 1.20 bits per heavy atom. The second-order valence-electron chi connectivity index (χ2n) is 7.73. The van der Waals surface area contributed by atoms with Crippen LogP contribution >= 0.6 is 22.7 Å². The van der Waals surface area contributed by atoms with Crippen molar-refractivity contribution in [3.63, 3.8) is 0 Å². The van der Waals surface area contributed by atoms with Crippen LogP contribution in [0.5, 0.6) is 0 Å². The molecule has 1 fully saturated rings. The van der Waals surface area contributed by atoms with E-state index in [4.69, 9.17) is 0 Å². The molecular weight excluding hydrogens is 416 g/mol. The number of carbonyl (C=O) groups is 2. The van der Waals surface area contributed by atoms with Crippen molar-refractivity contribution >= 4 is 39.6 Å². The quantitative estimate of drug-likeness (QED) is 0.613. The number of aromatic nitrogens is 2. The number of likely N-dealkylation sites (tertiary alicyclic amines) is 1. The molecule has 6 nitrogen and oxygen atoms in total. The van der Waals surface area contributed by atoms with E-state index in [1.54, 1.807) is 11.1 Å². The van der Waals surface area contributed by atoms with E-state index < -0.39 is 0 Å². The molecule has 1 saturated heterocycles. The number of anilines is 1. The first-order valence-electron chi connectivity index (χ1n) is 10.1. The number of hydrogen-bond donors (Lipinski definition) is 1. The molecule has 0 unspecified atom stereocenters. The Kier molecular flexibility index (Phi) is 6.24. The second kappa shape index (κ2) is 9.06. The molecule has 1 N–H and O–H groups in total. The van der Waals surface area contributed by atoms with E-state index in [0.717, 1.165) is 23.4 Å². The van der Waals surface area contributed by atoms with Crippen LogP contribution in [0, 0.1) is 5.92 Å². The Labute approximate surface area is 184 Å². The van der Waals surface area contributed by atoms with Gasteiger partial charge in [-0.15, -0.1) is 22.7 Å². The van der Waals surface area contributed by atoms with Gasteiger partial charge in [0.1, 0.15) is 10.7 Å². The van der Waals surface area contributed by atoms with Crippen molar-refractivity contribution in [3.05, 3.63) is 52.5 Å². The third kappa shape index (κ3) is 4.60. The van der Waals surface area contributed by atoms with Gasteiger partial charge in [-0.05, 0) is 24.3 Å². The second-order valence-corrected chi connectivity index (χ2v) is 9.48. The number of rotatable bonds is 5. The number of nitrogens with one attached hydrogen (secondary N) is 1. The highest BCUT2D eigenvalue weighted by atomic mass is 32.1. The predicted octanol–water partition coefficient (Wildman–Crippen LogP) is 4.88. The molecule has 3 aromatic rings. The number of carbonyl (C=O) groups excluding carboxylic acids is 2. The zero-order valence-electron chi connectivity index (χ0n) is 17.0. The van der Waals surface area contributed by atoms with Gasteiger partial charge >= 0.3 is 0 Å². The molecule has 0 bridgehead atoms. The van der Waals surface area contributed by atoms with E-state index in [9.17, 15) is 9.59 Å². The molecule has 0 spiro atoms. The van der Waals surface area contributed by atoms with E-state index in [-0.39, 0.29) is 17.7 Å². The summed E-state index contributed by atoms with van der Waals surface area (Å²) in [7, 11) is 0. The fraction of sp³-hybridized carbons (Fsp3) is 0.364. The molecular formula is C22H24N4O2S2. The molecule has 2 amide bonds. The van der Waals surface area contributed by atoms with Gasteiger partial charge in [-0.2, -0.15) is 0 Å². The maximum atomic E-state index is 13.0. The van der Waals surface area contributed by atoms with Crippen LogP contribution in [-0.2, 0) is 4.79 Å². The number of piperidine rings is 1. The molecule has 1 aliphatic heterocycles. The molecule has 0 saturated carbocycles. The topological polar surface area (TPSA) is 75.2 Å². The molecule has 4 rings (SSSR count). The van der Waals surface area contributed by atoms with Crippen molar-refractivity contribution < 1.29 is 9.59 Å². The van der Waals surface area contributed by atoms with Gasteiger partial charge in [-0.3, -0.25) is 9.59 Å². The van der Waals surface area contributed by atoms with Gasteiger partial charge in [0.15, 0.2) is 5.13 Å². The molecule has 1 atom stereocenters. The van der Waals surface area contributed by atoms with Crippen molar-refractivity contribution in [2.75, 3.05) is 18.4 Å². The van der Waals surface area contributed by atoms with Crippen LogP contribution in [0.25, 0.3) is 10.6 Å². The van der Waals surface area contributed by atoms with Gasteiger partial charge in [0.2, 0.25) is 5.91 Å². The van der Waals surface area contributed by atoms with Crippen LogP contribution in [0.1, 0.15) is 48.7 Å². The summed E-state index contributed by atoms with van der Waals surface area (Å²) in [6, 6.07) is 8.34. The van der Waals surface area contributed by atoms with Crippen LogP contribution in [0.4, 0.5) is 5.13 Å². The summed E-state index contributed by atoms with van der Waals surface area (Å²) in [6.07, 6.45) is 3.23. The van der Waals surface area contributed by atoms with Crippen molar-refractivity contribution in [2.24, 2.45) is 5.92 Å². The first kappa shape index (κ1) is 20.7. The largest absolute Gasteiger partial charge is 0.336 e. The van der Waals surface area contributed by atoms with Crippen LogP contribution in [0.15, 0.2) is 41.2 Å².